The van der Waals surface area contributed by atoms with E-state index in [1.165, 1.54) is 6.07 Å². The van der Waals surface area contributed by atoms with Crippen molar-refractivity contribution < 1.29 is 13.5 Å². The quantitative estimate of drug-likeness (QED) is 0.724. The number of allylic oxidation sites excluding steroid dienone is 4. The van der Waals surface area contributed by atoms with Gasteiger partial charge in [-0.25, -0.2) is 0 Å². The molecule has 0 aliphatic heterocycles. The largest absolute Gasteiger partial charge is 0.435 e. The predicted molar refractivity (Wildman–Crippen MR) is 110 cm³/mol. The summed E-state index contributed by atoms with van der Waals surface area (Å²) in [5.41, 5.74) is 5.34. The van der Waals surface area contributed by atoms with Crippen molar-refractivity contribution in [3.63, 3.8) is 0 Å². The van der Waals surface area contributed by atoms with Crippen LogP contribution in [0, 0.1) is 56.7 Å². The van der Waals surface area contributed by atoms with Crippen LogP contribution in [0.25, 0.3) is 0 Å². The van der Waals surface area contributed by atoms with E-state index in [1.807, 2.05) is 18.2 Å². The Labute approximate surface area is 181 Å². The van der Waals surface area contributed by atoms with Crippen LogP contribution in [0.2, 0.25) is 0 Å². The van der Waals surface area contributed by atoms with Crippen LogP contribution in [0.15, 0.2) is 47.2 Å². The minimum atomic E-state index is -3.06. The average Bonchev–Trinajstić information content (AvgIpc) is 2.72. The number of rotatable bonds is 3. The molecule has 0 spiro atoms. The molecule has 0 bridgehead atoms. The summed E-state index contributed by atoms with van der Waals surface area (Å²) in [7, 11) is 0. The van der Waals surface area contributed by atoms with E-state index in [9.17, 15) is 24.6 Å². The van der Waals surface area contributed by atoms with Gasteiger partial charge in [0, 0.05) is 11.5 Å². The van der Waals surface area contributed by atoms with Crippen molar-refractivity contribution >= 4 is 0 Å². The van der Waals surface area contributed by atoms with Crippen LogP contribution in [0.4, 0.5) is 8.78 Å². The number of ether oxygens (including phenoxy) is 1. The molecule has 1 aromatic carbocycles. The SMILES string of the molecule is CC(C)(C)[C@@H]1CC=C2C(C#N)=C(N)C(C#N)(C#N)[C@@H](c3ccccc3OC(F)F)[C@H]2C1. The van der Waals surface area contributed by atoms with Crippen molar-refractivity contribution in [3.05, 3.63) is 52.7 Å². The number of hydrogen-bond donors (Lipinski definition) is 1. The van der Waals surface area contributed by atoms with Gasteiger partial charge in [0.25, 0.3) is 0 Å². The standard InChI is InChI=1S/C24H24F2N4O/c1-23(2,3)14-8-9-15-17(10-14)20(16-6-4-5-7-19(16)31-22(25)26)24(12-28,13-29)21(30)18(15)11-27/h4-7,9,14,17,20,22H,8,10,30H2,1-3H3/t14-,17+,20+/m1/s1. The normalized spacial score (nSPS) is 25.0. The third-order valence-corrected chi connectivity index (χ3v) is 6.57. The first-order chi connectivity index (χ1) is 14.6. The summed E-state index contributed by atoms with van der Waals surface area (Å²) >= 11 is 0. The van der Waals surface area contributed by atoms with Gasteiger partial charge in [-0.3, -0.25) is 0 Å². The number of hydrogen-bond acceptors (Lipinski definition) is 5. The van der Waals surface area contributed by atoms with Crippen LogP contribution < -0.4 is 10.5 Å². The Morgan fingerprint density at radius 1 is 1.16 bits per heavy atom. The zero-order valence-corrected chi connectivity index (χ0v) is 17.7. The number of alkyl halides is 2. The molecule has 31 heavy (non-hydrogen) atoms. The molecule has 3 atom stereocenters. The van der Waals surface area contributed by atoms with Gasteiger partial charge in [0.05, 0.1) is 23.4 Å². The van der Waals surface area contributed by atoms with E-state index in [-0.39, 0.29) is 28.4 Å². The van der Waals surface area contributed by atoms with Gasteiger partial charge in [-0.15, -0.1) is 0 Å². The molecule has 2 aliphatic rings. The van der Waals surface area contributed by atoms with E-state index in [2.05, 4.69) is 26.8 Å². The highest BCUT2D eigenvalue weighted by atomic mass is 19.3. The molecule has 160 valence electrons. The predicted octanol–water partition coefficient (Wildman–Crippen LogP) is 5.15. The third-order valence-electron chi connectivity index (χ3n) is 6.57. The maximum absolute atomic E-state index is 13.1. The summed E-state index contributed by atoms with van der Waals surface area (Å²) < 4.78 is 31.0. The van der Waals surface area contributed by atoms with Crippen molar-refractivity contribution in [1.82, 2.24) is 0 Å². The van der Waals surface area contributed by atoms with Gasteiger partial charge in [0.15, 0.2) is 5.41 Å². The van der Waals surface area contributed by atoms with Crippen molar-refractivity contribution in [2.24, 2.45) is 28.4 Å². The lowest BCUT2D eigenvalue weighted by Crippen LogP contribution is -2.44. The highest BCUT2D eigenvalue weighted by Gasteiger charge is 2.55. The fourth-order valence-electron chi connectivity index (χ4n) is 4.88. The molecule has 0 radical (unpaired) electrons. The van der Waals surface area contributed by atoms with E-state index >= 15 is 0 Å². The van der Waals surface area contributed by atoms with Gasteiger partial charge in [-0.2, -0.15) is 24.6 Å². The molecule has 3 rings (SSSR count). The van der Waals surface area contributed by atoms with Crippen LogP contribution in [-0.4, -0.2) is 6.61 Å². The van der Waals surface area contributed by atoms with Crippen molar-refractivity contribution in [3.8, 4) is 24.0 Å². The summed E-state index contributed by atoms with van der Waals surface area (Å²) in [6, 6.07) is 12.3. The van der Waals surface area contributed by atoms with Crippen LogP contribution in [0.1, 0.15) is 45.1 Å². The molecule has 0 unspecified atom stereocenters. The number of halogens is 2. The van der Waals surface area contributed by atoms with Crippen LogP contribution >= 0.6 is 0 Å². The van der Waals surface area contributed by atoms with E-state index in [4.69, 9.17) is 10.5 Å². The van der Waals surface area contributed by atoms with Gasteiger partial charge in [0.1, 0.15) is 11.8 Å². The Bertz CT molecular complexity index is 1050. The summed E-state index contributed by atoms with van der Waals surface area (Å²) in [6.45, 7) is 3.27. The Morgan fingerprint density at radius 3 is 2.35 bits per heavy atom. The van der Waals surface area contributed by atoms with E-state index in [0.29, 0.717) is 17.6 Å². The smallest absolute Gasteiger partial charge is 0.387 e. The second kappa shape index (κ2) is 8.05. The van der Waals surface area contributed by atoms with Crippen molar-refractivity contribution in [2.45, 2.75) is 46.1 Å². The van der Waals surface area contributed by atoms with Gasteiger partial charge < -0.3 is 10.5 Å². The molecular weight excluding hydrogens is 398 g/mol. The fourth-order valence-corrected chi connectivity index (χ4v) is 4.88. The van der Waals surface area contributed by atoms with E-state index in [0.717, 1.165) is 6.42 Å². The molecule has 2 N–H and O–H groups in total. The summed E-state index contributed by atoms with van der Waals surface area (Å²) in [4.78, 5) is 0. The van der Waals surface area contributed by atoms with Crippen LogP contribution in [-0.2, 0) is 0 Å². The maximum atomic E-state index is 13.1. The van der Waals surface area contributed by atoms with Crippen molar-refractivity contribution in [1.29, 1.82) is 15.8 Å². The molecule has 2 aliphatic carbocycles. The molecule has 0 fully saturated rings. The molecular formula is C24H24F2N4O. The topological polar surface area (TPSA) is 107 Å². The first kappa shape index (κ1) is 22.3. The monoisotopic (exact) mass is 422 g/mol. The third kappa shape index (κ3) is 3.64. The first-order valence-electron chi connectivity index (χ1n) is 10.1. The number of benzene rings is 1. The summed E-state index contributed by atoms with van der Waals surface area (Å²) in [5, 5.41) is 30.1. The number of para-hydroxylation sites is 1. The Hall–Kier alpha value is -3.37. The first-order valence-corrected chi connectivity index (χ1v) is 10.1. The lowest BCUT2D eigenvalue weighted by atomic mass is 9.54. The molecule has 5 nitrogen and oxygen atoms in total. The zero-order chi connectivity index (χ0) is 23.0. The average molecular weight is 422 g/mol. The molecule has 7 heteroatoms. The van der Waals surface area contributed by atoms with Gasteiger partial charge >= 0.3 is 6.61 Å². The Morgan fingerprint density at radius 2 is 1.81 bits per heavy atom. The zero-order valence-electron chi connectivity index (χ0n) is 17.7. The highest BCUT2D eigenvalue weighted by molar-refractivity contribution is 5.60. The van der Waals surface area contributed by atoms with E-state index < -0.39 is 23.9 Å². The second-order valence-corrected chi connectivity index (χ2v) is 9.13. The van der Waals surface area contributed by atoms with Crippen LogP contribution in [0.5, 0.6) is 5.75 Å². The fraction of sp³-hybridized carbons (Fsp3) is 0.458. The molecule has 0 saturated heterocycles. The second-order valence-electron chi connectivity index (χ2n) is 9.13. The Kier molecular flexibility index (Phi) is 5.79. The van der Waals surface area contributed by atoms with Crippen LogP contribution in [0.3, 0.4) is 0 Å². The number of nitriles is 3. The summed E-state index contributed by atoms with van der Waals surface area (Å²) in [6.07, 6.45) is 3.27. The molecule has 0 saturated carbocycles. The lowest BCUT2D eigenvalue weighted by Gasteiger charge is -2.47. The Balaban J connectivity index is 2.32. The lowest BCUT2D eigenvalue weighted by molar-refractivity contribution is -0.0510. The summed E-state index contributed by atoms with van der Waals surface area (Å²) in [5.74, 6) is -1.16. The maximum Gasteiger partial charge on any atom is 0.387 e. The molecule has 0 amide bonds. The highest BCUT2D eigenvalue weighted by Crippen LogP contribution is 2.59. The number of nitrogens with two attached hydrogens (primary N) is 1. The molecule has 1 aromatic rings. The minimum absolute atomic E-state index is 0.0625. The van der Waals surface area contributed by atoms with E-state index in [1.54, 1.807) is 18.2 Å². The van der Waals surface area contributed by atoms with Gasteiger partial charge in [-0.1, -0.05) is 45.0 Å². The number of nitrogens with zero attached hydrogens (tertiary/aromatic N) is 3. The van der Waals surface area contributed by atoms with Gasteiger partial charge in [-0.05, 0) is 41.7 Å². The number of fused-ring (bicyclic) bond motifs is 1. The molecule has 0 aromatic heterocycles. The minimum Gasteiger partial charge on any atom is -0.435 e. The van der Waals surface area contributed by atoms with Crippen molar-refractivity contribution in [2.75, 3.05) is 0 Å². The van der Waals surface area contributed by atoms with Gasteiger partial charge in [0.2, 0.25) is 0 Å². The molecule has 0 heterocycles.